The van der Waals surface area contributed by atoms with Gasteiger partial charge in [0.2, 0.25) is 0 Å². The molecule has 0 atom stereocenters. The van der Waals surface area contributed by atoms with Gasteiger partial charge in [-0.05, 0) is 12.0 Å². The second-order valence-corrected chi connectivity index (χ2v) is 5.34. The van der Waals surface area contributed by atoms with Crippen LogP contribution in [0.4, 0.5) is 0 Å². The van der Waals surface area contributed by atoms with Crippen LogP contribution in [0, 0.1) is 17.8 Å². The maximum atomic E-state index is 11.8. The summed E-state index contributed by atoms with van der Waals surface area (Å²) in [6.45, 7) is 6.28. The first-order valence-corrected chi connectivity index (χ1v) is 7.15. The molecule has 0 aliphatic carbocycles. The third-order valence-electron chi connectivity index (χ3n) is 2.16. The molecule has 3 N–H and O–H groups in total. The molecule has 1 heterocycles. The van der Waals surface area contributed by atoms with E-state index in [2.05, 4.69) is 31.0 Å². The van der Waals surface area contributed by atoms with Crippen LogP contribution in [0.2, 0.25) is 0 Å². The van der Waals surface area contributed by atoms with Gasteiger partial charge in [-0.15, -0.1) is 11.3 Å². The van der Waals surface area contributed by atoms with E-state index < -0.39 is 0 Å². The molecule has 0 aliphatic heterocycles. The first-order valence-electron chi connectivity index (χ1n) is 6.27. The second kappa shape index (κ2) is 8.70. The molecule has 0 spiro atoms. The zero-order chi connectivity index (χ0) is 14.1. The summed E-state index contributed by atoms with van der Waals surface area (Å²) in [5, 5.41) is 4.61. The summed E-state index contributed by atoms with van der Waals surface area (Å²) in [5.74, 6) is 6.09. The predicted molar refractivity (Wildman–Crippen MR) is 78.2 cm³/mol. The highest BCUT2D eigenvalue weighted by atomic mass is 32.1. The molecule has 4 nitrogen and oxygen atoms in total. The fourth-order valence-electron chi connectivity index (χ4n) is 1.32. The minimum Gasteiger partial charge on any atom is -0.379 e. The van der Waals surface area contributed by atoms with E-state index in [1.165, 1.54) is 11.3 Å². The summed E-state index contributed by atoms with van der Waals surface area (Å²) < 4.78 is 5.39. The lowest BCUT2D eigenvalue weighted by atomic mass is 10.2. The van der Waals surface area contributed by atoms with Crippen LogP contribution >= 0.6 is 11.3 Å². The topological polar surface area (TPSA) is 64.3 Å². The van der Waals surface area contributed by atoms with E-state index in [9.17, 15) is 4.79 Å². The standard InChI is InChI=1S/C14H20N2O2S/c1-11(2)9-18-7-6-16-14(17)12-8-13(19-10-12)4-3-5-15/h8,10-11H,5-7,9,15H2,1-2H3,(H,16,17). The van der Waals surface area contributed by atoms with Gasteiger partial charge in [-0.1, -0.05) is 25.7 Å². The van der Waals surface area contributed by atoms with Crippen LogP contribution in [0.3, 0.4) is 0 Å². The molecule has 1 aromatic heterocycles. The molecule has 0 bridgehead atoms. The third kappa shape index (κ3) is 6.39. The molecule has 0 saturated carbocycles. The molecule has 0 unspecified atom stereocenters. The van der Waals surface area contributed by atoms with Gasteiger partial charge in [-0.2, -0.15) is 0 Å². The largest absolute Gasteiger partial charge is 0.379 e. The quantitative estimate of drug-likeness (QED) is 0.612. The van der Waals surface area contributed by atoms with E-state index in [-0.39, 0.29) is 5.91 Å². The monoisotopic (exact) mass is 280 g/mol. The van der Waals surface area contributed by atoms with Gasteiger partial charge in [-0.25, -0.2) is 0 Å². The van der Waals surface area contributed by atoms with Gasteiger partial charge in [0.15, 0.2) is 0 Å². The van der Waals surface area contributed by atoms with Gasteiger partial charge in [-0.3, -0.25) is 4.79 Å². The number of nitrogens with two attached hydrogens (primary N) is 1. The summed E-state index contributed by atoms with van der Waals surface area (Å²) >= 11 is 1.44. The summed E-state index contributed by atoms with van der Waals surface area (Å²) in [5.41, 5.74) is 5.93. The third-order valence-corrected chi connectivity index (χ3v) is 3.00. The maximum Gasteiger partial charge on any atom is 0.252 e. The van der Waals surface area contributed by atoms with Gasteiger partial charge in [0.25, 0.3) is 5.91 Å². The van der Waals surface area contributed by atoms with E-state index in [0.29, 0.717) is 37.8 Å². The molecule has 5 heteroatoms. The second-order valence-electron chi connectivity index (χ2n) is 4.43. The summed E-state index contributed by atoms with van der Waals surface area (Å²) in [4.78, 5) is 12.6. The van der Waals surface area contributed by atoms with E-state index in [0.717, 1.165) is 4.88 Å². The Bertz CT molecular complexity index is 458. The number of hydrogen-bond donors (Lipinski definition) is 2. The normalized spacial score (nSPS) is 10.1. The van der Waals surface area contributed by atoms with Crippen molar-refractivity contribution in [3.05, 3.63) is 21.9 Å². The Morgan fingerprint density at radius 1 is 1.58 bits per heavy atom. The van der Waals surface area contributed by atoms with Gasteiger partial charge in [0, 0.05) is 18.5 Å². The molecule has 0 aromatic carbocycles. The number of ether oxygens (including phenoxy) is 1. The van der Waals surface area contributed by atoms with Crippen molar-refractivity contribution in [2.75, 3.05) is 26.3 Å². The number of carbonyl (C=O) groups excluding carboxylic acids is 1. The van der Waals surface area contributed by atoms with Crippen molar-refractivity contribution in [3.8, 4) is 11.8 Å². The summed E-state index contributed by atoms with van der Waals surface area (Å²) in [6, 6.07) is 1.78. The van der Waals surface area contributed by atoms with Gasteiger partial charge in [0.05, 0.1) is 23.6 Å². The first-order chi connectivity index (χ1) is 9.13. The molecule has 1 amide bonds. The Morgan fingerprint density at radius 2 is 2.37 bits per heavy atom. The zero-order valence-corrected chi connectivity index (χ0v) is 12.2. The lowest BCUT2D eigenvalue weighted by Crippen LogP contribution is -2.27. The Hall–Kier alpha value is -1.35. The molecular formula is C14H20N2O2S. The van der Waals surface area contributed by atoms with Crippen LogP contribution in [-0.2, 0) is 4.74 Å². The molecule has 0 aliphatic rings. The van der Waals surface area contributed by atoms with Crippen LogP contribution in [0.1, 0.15) is 29.1 Å². The highest BCUT2D eigenvalue weighted by molar-refractivity contribution is 7.10. The van der Waals surface area contributed by atoms with E-state index in [4.69, 9.17) is 10.5 Å². The lowest BCUT2D eigenvalue weighted by Gasteiger charge is -2.07. The van der Waals surface area contributed by atoms with Crippen LogP contribution in [-0.4, -0.2) is 32.2 Å². The van der Waals surface area contributed by atoms with E-state index in [1.54, 1.807) is 11.4 Å². The number of hydrogen-bond acceptors (Lipinski definition) is 4. The van der Waals surface area contributed by atoms with E-state index >= 15 is 0 Å². The zero-order valence-electron chi connectivity index (χ0n) is 11.4. The lowest BCUT2D eigenvalue weighted by molar-refractivity contribution is 0.0886. The maximum absolute atomic E-state index is 11.8. The Morgan fingerprint density at radius 3 is 3.05 bits per heavy atom. The molecule has 1 aromatic rings. The average Bonchev–Trinajstić information content (AvgIpc) is 2.84. The molecular weight excluding hydrogens is 260 g/mol. The van der Waals surface area contributed by atoms with Crippen LogP contribution in [0.5, 0.6) is 0 Å². The van der Waals surface area contributed by atoms with Crippen molar-refractivity contribution in [1.82, 2.24) is 5.32 Å². The van der Waals surface area contributed by atoms with Crippen molar-refractivity contribution in [1.29, 1.82) is 0 Å². The van der Waals surface area contributed by atoms with Gasteiger partial charge < -0.3 is 15.8 Å². The predicted octanol–water partition coefficient (Wildman–Crippen LogP) is 1.46. The minimum atomic E-state index is -0.0924. The number of nitrogens with one attached hydrogen (secondary N) is 1. The van der Waals surface area contributed by atoms with Crippen molar-refractivity contribution >= 4 is 17.2 Å². The fraction of sp³-hybridized carbons (Fsp3) is 0.500. The Labute approximate surface area is 118 Å². The van der Waals surface area contributed by atoms with Crippen molar-refractivity contribution in [3.63, 3.8) is 0 Å². The molecule has 19 heavy (non-hydrogen) atoms. The molecule has 0 radical (unpaired) electrons. The average molecular weight is 280 g/mol. The van der Waals surface area contributed by atoms with Crippen LogP contribution in [0.25, 0.3) is 0 Å². The number of rotatable bonds is 6. The fourth-order valence-corrected chi connectivity index (χ4v) is 2.07. The van der Waals surface area contributed by atoms with Crippen molar-refractivity contribution in [2.45, 2.75) is 13.8 Å². The highest BCUT2D eigenvalue weighted by Gasteiger charge is 2.07. The van der Waals surface area contributed by atoms with Crippen LogP contribution < -0.4 is 11.1 Å². The molecule has 104 valence electrons. The SMILES string of the molecule is CC(C)COCCNC(=O)c1csc(C#CCN)c1. The minimum absolute atomic E-state index is 0.0924. The summed E-state index contributed by atoms with van der Waals surface area (Å²) in [7, 11) is 0. The van der Waals surface area contributed by atoms with Gasteiger partial charge in [0.1, 0.15) is 0 Å². The summed E-state index contributed by atoms with van der Waals surface area (Å²) in [6.07, 6.45) is 0. The van der Waals surface area contributed by atoms with Crippen molar-refractivity contribution in [2.24, 2.45) is 11.7 Å². The van der Waals surface area contributed by atoms with E-state index in [1.807, 2.05) is 0 Å². The highest BCUT2D eigenvalue weighted by Crippen LogP contribution is 2.13. The Balaban J connectivity index is 2.31. The van der Waals surface area contributed by atoms with Gasteiger partial charge >= 0.3 is 0 Å². The van der Waals surface area contributed by atoms with Crippen molar-refractivity contribution < 1.29 is 9.53 Å². The number of thiophene rings is 1. The van der Waals surface area contributed by atoms with Crippen LogP contribution in [0.15, 0.2) is 11.4 Å². The molecule has 0 fully saturated rings. The number of amides is 1. The first kappa shape index (κ1) is 15.7. The Kier molecular flexibility index (Phi) is 7.19. The molecule has 0 saturated heterocycles. The molecule has 1 rings (SSSR count). The number of carbonyl (C=O) groups is 1. The smallest absolute Gasteiger partial charge is 0.252 e.